The fourth-order valence-corrected chi connectivity index (χ4v) is 15.9. The maximum atomic E-state index is 15.3. The Balaban J connectivity index is 1.19. The molecule has 1 saturated heterocycles. The number of hydrogen-bond acceptors (Lipinski definition) is 21. The van der Waals surface area contributed by atoms with Crippen molar-refractivity contribution >= 4 is 105 Å². The van der Waals surface area contributed by atoms with E-state index in [2.05, 4.69) is 73.8 Å². The number of fused-ring (bicyclic) bond motifs is 12. The molecule has 2 aromatic heterocycles. The van der Waals surface area contributed by atoms with Crippen molar-refractivity contribution in [1.82, 2.24) is 73.8 Å². The van der Waals surface area contributed by atoms with Crippen LogP contribution in [0.15, 0.2) is 97.3 Å². The number of aliphatic hydroxyl groups is 3. The van der Waals surface area contributed by atoms with Crippen molar-refractivity contribution in [3.8, 4) is 11.5 Å². The van der Waals surface area contributed by atoms with Gasteiger partial charge in [-0.05, 0) is 147 Å². The van der Waals surface area contributed by atoms with Crippen LogP contribution in [0.1, 0.15) is 153 Å². The third-order valence-corrected chi connectivity index (χ3v) is 22.5. The number of nitrogens with one attached hydrogen (secondary N) is 13. The zero-order valence-electron chi connectivity index (χ0n) is 65.2. The van der Waals surface area contributed by atoms with Crippen LogP contribution in [0.4, 0.5) is 0 Å². The minimum atomic E-state index is -1.83. The number of H-pyrrole nitrogens is 1. The molecule has 3 aromatic carbocycles. The molecular formula is C80H111N15O17S2. The molecule has 4 bridgehead atoms. The molecule has 1 unspecified atom stereocenters. The molecule has 5 aromatic rings. The second-order valence-corrected chi connectivity index (χ2v) is 32.8. The van der Waals surface area contributed by atoms with Crippen LogP contribution in [-0.2, 0) is 88.3 Å². The minimum absolute atomic E-state index is 0.0221. The monoisotopic (exact) mass is 1620 g/mol. The summed E-state index contributed by atoms with van der Waals surface area (Å²) in [4.78, 5) is 184. The first-order valence-corrected chi connectivity index (χ1v) is 41.3. The number of phenols is 2. The molecule has 8 rings (SSSR count). The number of nitrogens with two attached hydrogens (primary N) is 1. The molecule has 14 atom stereocenters. The van der Waals surface area contributed by atoms with Crippen molar-refractivity contribution < 1.29 is 83.1 Å². The Bertz CT molecular complexity index is 4120. The predicted molar refractivity (Wildman–Crippen MR) is 429 cm³/mol. The summed E-state index contributed by atoms with van der Waals surface area (Å²) in [7, 11) is 0. The number of aliphatic hydroxyl groups excluding tert-OH is 3. The van der Waals surface area contributed by atoms with Crippen LogP contribution in [0.3, 0.4) is 0 Å². The lowest BCUT2D eigenvalue weighted by atomic mass is 9.83. The van der Waals surface area contributed by atoms with E-state index in [1.54, 1.807) is 46.0 Å². The van der Waals surface area contributed by atoms with Gasteiger partial charge < -0.3 is 94.7 Å². The summed E-state index contributed by atoms with van der Waals surface area (Å²) < 4.78 is 0. The van der Waals surface area contributed by atoms with Crippen molar-refractivity contribution in [2.45, 2.75) is 241 Å². The van der Waals surface area contributed by atoms with Gasteiger partial charge in [-0.15, -0.1) is 0 Å². The highest BCUT2D eigenvalue weighted by Crippen LogP contribution is 2.29. The summed E-state index contributed by atoms with van der Waals surface area (Å²) in [5.74, 6) is -10.3. The number of benzene rings is 3. The second kappa shape index (κ2) is 43.6. The Labute approximate surface area is 671 Å². The number of hydrogen-bond donors (Lipinski definition) is 19. The molecule has 34 heteroatoms. The largest absolute Gasteiger partial charge is 0.508 e. The molecule has 12 amide bonds. The normalized spacial score (nSPS) is 26.1. The zero-order valence-corrected chi connectivity index (χ0v) is 66.9. The third-order valence-electron chi connectivity index (χ3n) is 20.3. The number of nitrogens with zero attached hydrogens (tertiary/aromatic N) is 1. The van der Waals surface area contributed by atoms with Crippen LogP contribution in [0.25, 0.3) is 11.0 Å². The molecule has 2 fully saturated rings. The maximum absolute atomic E-state index is 15.3. The Morgan fingerprint density at radius 1 is 0.561 bits per heavy atom. The Kier molecular flexibility index (Phi) is 34.3. The molecule has 3 aliphatic rings. The highest BCUT2D eigenvalue weighted by atomic mass is 32.2. The van der Waals surface area contributed by atoms with E-state index in [1.807, 2.05) is 24.3 Å². The molecule has 620 valence electrons. The van der Waals surface area contributed by atoms with Crippen LogP contribution in [0.5, 0.6) is 11.5 Å². The number of primary amides is 1. The van der Waals surface area contributed by atoms with Gasteiger partial charge in [0.05, 0.1) is 18.2 Å². The summed E-state index contributed by atoms with van der Waals surface area (Å²) >= 11 is 2.79. The standard InChI is InChI=1S/C80H111N15O17S2/c1-7-15-55-70(103)87-57-30-31-62(100)82-33-12-11-21-56(72(105)93-64(44(2)96)76(109)89-60(74(107)85-55)39-51-40-84-69-54(51)20-14-34-83-69)86-73(106)58(37-46-22-26-52(98)27-23-46)90-79(112)67(80(4,5)6)92-63(101)32-35-113-41-48-16-13-17-49(36-48)42-114-43-61(68(81)102)91-77(110)65(45(3)97)94-78(111)66(50-18-9-8-10-19-50)95-75(108)59(88-71(57)104)38-47-24-28-53(99)29-25-47/h13-14,16-17,20,22-29,34,36,40,44-45,50,55-61,63-67,92,96-99,101H,7-12,15,18-19,21,30-33,35,37-39,41-43H2,1-6H3,(H2,81,102)(H,82,100)(H,83,84)(H,85,107)(H,86,106)(H,87,103)(H,88,104)(H,89,109)(H,90,112)(H,91,110)(H,93,105)(H,94,111)(H,95,108)/t44-,45-,55+,56+,57+,58+,59+,60+,61-,63?,64+,65+,66+,67-/m1/s1. The molecule has 2 aliphatic heterocycles. The molecular weight excluding hydrogens is 1510 g/mol. The van der Waals surface area contributed by atoms with Crippen molar-refractivity contribution in [3.63, 3.8) is 0 Å². The van der Waals surface area contributed by atoms with E-state index < -0.39 is 180 Å². The number of amides is 12. The topological polar surface area (TPSA) is 505 Å². The van der Waals surface area contributed by atoms with E-state index in [0.29, 0.717) is 70.7 Å². The van der Waals surface area contributed by atoms with E-state index in [1.165, 1.54) is 92.1 Å². The smallest absolute Gasteiger partial charge is 0.245 e. The van der Waals surface area contributed by atoms with E-state index in [4.69, 9.17) is 5.73 Å². The van der Waals surface area contributed by atoms with E-state index in [9.17, 15) is 63.9 Å². The van der Waals surface area contributed by atoms with Gasteiger partial charge in [-0.3, -0.25) is 62.9 Å². The zero-order chi connectivity index (χ0) is 82.8. The van der Waals surface area contributed by atoms with Crippen LogP contribution in [0.2, 0.25) is 0 Å². The van der Waals surface area contributed by atoms with Gasteiger partial charge in [0, 0.05) is 67.3 Å². The molecule has 0 spiro atoms. The number of pyridine rings is 1. The molecule has 0 radical (unpaired) electrons. The number of aromatic hydroxyl groups is 2. The van der Waals surface area contributed by atoms with Crippen LogP contribution in [0, 0.1) is 11.3 Å². The van der Waals surface area contributed by atoms with Crippen molar-refractivity contribution in [3.05, 3.63) is 125 Å². The fraction of sp³-hybridized carbons (Fsp3) is 0.537. The van der Waals surface area contributed by atoms with E-state index >= 15 is 19.2 Å². The van der Waals surface area contributed by atoms with Gasteiger partial charge >= 0.3 is 0 Å². The first-order valence-electron chi connectivity index (χ1n) is 38.9. The summed E-state index contributed by atoms with van der Waals surface area (Å²) in [5, 5.41) is 88.3. The summed E-state index contributed by atoms with van der Waals surface area (Å²) in [5.41, 5.74) is 8.52. The maximum Gasteiger partial charge on any atom is 0.245 e. The minimum Gasteiger partial charge on any atom is -0.508 e. The number of thioether (sulfide) groups is 2. The van der Waals surface area contributed by atoms with Gasteiger partial charge in [0.15, 0.2) is 0 Å². The summed E-state index contributed by atoms with van der Waals surface area (Å²) in [6.07, 6.45) is 0.337. The summed E-state index contributed by atoms with van der Waals surface area (Å²) in [6.45, 7) is 9.42. The third kappa shape index (κ3) is 27.4. The number of phenolic OH excluding ortho intramolecular Hbond substituents is 2. The first kappa shape index (κ1) is 89.7. The number of aromatic nitrogens is 2. The average molecular weight is 1620 g/mol. The Morgan fingerprint density at radius 3 is 1.69 bits per heavy atom. The lowest BCUT2D eigenvalue weighted by Gasteiger charge is -2.34. The number of carbonyl (C=O) groups is 12. The number of rotatable bonds is 12. The SMILES string of the molecule is CCC[C@@H]1NC(=O)[C@H](Cc2c[nH]c3ncccc23)NC(=O)[C@H]([C@@H](C)O)NC(=O)[C@@H]2CCCCNC(=O)CC[C@H](NC1=O)C(=O)N[C@@H](Cc1ccc(O)cc1)C(=O)N[C@@H](C1CCCCC1)C(=O)N[C@@H]([C@@H](C)O)C(=O)N[C@@H](C(N)=O)CSCc1cccc(c1)CSCCC(O)N[C@@H](C(C)(C)C)C(=O)N[C@@H](Cc1ccc(O)cc1)C(=O)N2. The molecule has 1 saturated carbocycles. The number of carbonyl (C=O) groups excluding carboxylic acids is 12. The summed E-state index contributed by atoms with van der Waals surface area (Å²) in [6, 6.07) is 5.90. The fourth-order valence-electron chi connectivity index (χ4n) is 13.9. The van der Waals surface area contributed by atoms with Gasteiger partial charge in [0.1, 0.15) is 83.8 Å². The lowest BCUT2D eigenvalue weighted by Crippen LogP contribution is -2.63. The van der Waals surface area contributed by atoms with Crippen LogP contribution in [-0.4, -0.2) is 209 Å². The Morgan fingerprint density at radius 2 is 1.09 bits per heavy atom. The molecule has 114 heavy (non-hydrogen) atoms. The molecule has 1 aliphatic carbocycles. The quantitative estimate of drug-likeness (QED) is 0.0840. The van der Waals surface area contributed by atoms with Crippen LogP contribution >= 0.6 is 23.5 Å². The average Bonchev–Trinajstić information content (AvgIpc) is 1.56. The van der Waals surface area contributed by atoms with Crippen molar-refractivity contribution in [2.75, 3.05) is 18.1 Å². The van der Waals surface area contributed by atoms with E-state index in [0.717, 1.165) is 17.5 Å². The van der Waals surface area contributed by atoms with Gasteiger partial charge in [-0.25, -0.2) is 4.98 Å². The van der Waals surface area contributed by atoms with Gasteiger partial charge in [0.2, 0.25) is 70.9 Å². The van der Waals surface area contributed by atoms with Gasteiger partial charge in [-0.1, -0.05) is 102 Å². The highest BCUT2D eigenvalue weighted by Gasteiger charge is 2.41. The van der Waals surface area contributed by atoms with Crippen molar-refractivity contribution in [1.29, 1.82) is 0 Å². The second-order valence-electron chi connectivity index (χ2n) is 30.7. The Hall–Kier alpha value is -9.87. The number of aromatic amines is 1. The molecule has 32 nitrogen and oxygen atoms in total. The van der Waals surface area contributed by atoms with Gasteiger partial charge in [0.25, 0.3) is 0 Å². The van der Waals surface area contributed by atoms with Gasteiger partial charge in [-0.2, -0.15) is 23.5 Å². The van der Waals surface area contributed by atoms with E-state index in [-0.39, 0.29) is 81.6 Å². The molecule has 20 N–H and O–H groups in total. The van der Waals surface area contributed by atoms with Crippen LogP contribution < -0.4 is 69.5 Å². The lowest BCUT2D eigenvalue weighted by molar-refractivity contribution is -0.137. The first-order chi connectivity index (χ1) is 54.3. The molecule has 4 heterocycles. The highest BCUT2D eigenvalue weighted by molar-refractivity contribution is 7.98. The predicted octanol–water partition coefficient (Wildman–Crippen LogP) is 1.45. The van der Waals surface area contributed by atoms with Crippen molar-refractivity contribution in [2.24, 2.45) is 17.1 Å².